The first kappa shape index (κ1) is 19.4. The maximum Gasteiger partial charge on any atom is 0.166 e. The molecular formula is C25H26FNO3. The second kappa shape index (κ2) is 7.62. The first-order chi connectivity index (χ1) is 14.6. The first-order valence-corrected chi connectivity index (χ1v) is 10.8. The highest BCUT2D eigenvalue weighted by atomic mass is 19.1. The number of rotatable bonds is 7. The van der Waals surface area contributed by atoms with Crippen molar-refractivity contribution in [2.75, 3.05) is 19.8 Å². The number of carbonyl (C=O) groups excluding carboxylic acids is 2. The maximum atomic E-state index is 13.9. The molecule has 0 radical (unpaired) electrons. The van der Waals surface area contributed by atoms with Crippen LogP contribution in [-0.2, 0) is 0 Å². The Morgan fingerprint density at radius 2 is 1.83 bits per heavy atom. The predicted molar refractivity (Wildman–Crippen MR) is 112 cm³/mol. The highest BCUT2D eigenvalue weighted by Crippen LogP contribution is 2.51. The van der Waals surface area contributed by atoms with Crippen LogP contribution in [0.4, 0.5) is 4.39 Å². The summed E-state index contributed by atoms with van der Waals surface area (Å²) < 4.78 is 19.9. The van der Waals surface area contributed by atoms with Crippen molar-refractivity contribution in [1.82, 2.24) is 5.32 Å². The Bertz CT molecular complexity index is 979. The van der Waals surface area contributed by atoms with Gasteiger partial charge in [-0.1, -0.05) is 37.3 Å². The molecule has 5 heteroatoms. The molecule has 2 aromatic carbocycles. The normalized spacial score (nSPS) is 28.5. The molecule has 1 saturated heterocycles. The van der Waals surface area contributed by atoms with Gasteiger partial charge in [-0.15, -0.1) is 0 Å². The lowest BCUT2D eigenvalue weighted by atomic mass is 9.85. The van der Waals surface area contributed by atoms with Crippen LogP contribution in [0.3, 0.4) is 0 Å². The van der Waals surface area contributed by atoms with Gasteiger partial charge in [0.25, 0.3) is 0 Å². The summed E-state index contributed by atoms with van der Waals surface area (Å²) in [4.78, 5) is 25.8. The van der Waals surface area contributed by atoms with E-state index < -0.39 is 12.8 Å². The van der Waals surface area contributed by atoms with E-state index in [1.807, 2.05) is 36.4 Å². The third-order valence-corrected chi connectivity index (χ3v) is 7.04. The van der Waals surface area contributed by atoms with Gasteiger partial charge in [-0.2, -0.15) is 0 Å². The Labute approximate surface area is 175 Å². The molecule has 1 aliphatic carbocycles. The lowest BCUT2D eigenvalue weighted by molar-refractivity contribution is 0.0971. The fourth-order valence-corrected chi connectivity index (χ4v) is 5.35. The molecule has 0 bridgehead atoms. The maximum absolute atomic E-state index is 13.9. The van der Waals surface area contributed by atoms with E-state index in [1.165, 1.54) is 0 Å². The second-order valence-corrected chi connectivity index (χ2v) is 8.69. The number of carbonyl (C=O) groups is 2. The molecule has 4 nitrogen and oxygen atoms in total. The Kier molecular flexibility index (Phi) is 4.94. The fourth-order valence-electron chi connectivity index (χ4n) is 5.35. The van der Waals surface area contributed by atoms with Gasteiger partial charge in [-0.25, -0.2) is 4.39 Å². The molecule has 1 saturated carbocycles. The van der Waals surface area contributed by atoms with Crippen LogP contribution < -0.4 is 10.1 Å². The molecule has 3 aliphatic rings. The molecule has 5 atom stereocenters. The third kappa shape index (κ3) is 3.16. The van der Waals surface area contributed by atoms with Gasteiger partial charge in [0.2, 0.25) is 0 Å². The van der Waals surface area contributed by atoms with E-state index in [4.69, 9.17) is 4.74 Å². The summed E-state index contributed by atoms with van der Waals surface area (Å²) in [6, 6.07) is 13.1. The van der Waals surface area contributed by atoms with Crippen LogP contribution in [0, 0.1) is 17.8 Å². The summed E-state index contributed by atoms with van der Waals surface area (Å²) in [5, 5.41) is 3.36. The summed E-state index contributed by atoms with van der Waals surface area (Å²) in [6.07, 6.45) is 0.131. The Morgan fingerprint density at radius 3 is 2.50 bits per heavy atom. The SMILES string of the molecule is CCC(=O)c1cc(C(=O)CC2[C@H]3CNC[C@@H]23)cc2c1O[C@H](CF)[C@H]2c1ccccc1. The number of ether oxygens (including phenoxy) is 1. The molecule has 2 aromatic rings. The van der Waals surface area contributed by atoms with Crippen molar-refractivity contribution in [2.24, 2.45) is 17.8 Å². The molecular weight excluding hydrogens is 381 g/mol. The standard InChI is InChI=1S/C25H26FNO3/c1-2-21(28)17-8-15(22(29)10-16-19-12-27-13-20(16)19)9-18-24(14-6-4-3-5-7-14)23(11-26)30-25(17)18/h3-9,16,19-20,23-24,27H,2,10-13H2,1H3/t16?,19-,20+,23-,24+/m1/s1. The van der Waals surface area contributed by atoms with Crippen molar-refractivity contribution in [3.05, 3.63) is 64.7 Å². The van der Waals surface area contributed by atoms with Gasteiger partial charge in [0.15, 0.2) is 11.6 Å². The zero-order valence-corrected chi connectivity index (χ0v) is 17.1. The summed E-state index contributed by atoms with van der Waals surface area (Å²) in [7, 11) is 0. The van der Waals surface area contributed by atoms with Gasteiger partial charge in [0.05, 0.1) is 11.5 Å². The number of ketones is 2. The number of fused-ring (bicyclic) bond motifs is 2. The van der Waals surface area contributed by atoms with Crippen molar-refractivity contribution in [3.63, 3.8) is 0 Å². The molecule has 2 heterocycles. The van der Waals surface area contributed by atoms with Crippen LogP contribution in [0.25, 0.3) is 0 Å². The summed E-state index contributed by atoms with van der Waals surface area (Å²) >= 11 is 0. The van der Waals surface area contributed by atoms with Gasteiger partial charge in [0.1, 0.15) is 18.5 Å². The molecule has 5 rings (SSSR count). The molecule has 0 spiro atoms. The Hall–Kier alpha value is -2.53. The number of halogens is 1. The van der Waals surface area contributed by atoms with Crippen molar-refractivity contribution >= 4 is 11.6 Å². The zero-order chi connectivity index (χ0) is 20.8. The van der Waals surface area contributed by atoms with E-state index in [0.29, 0.717) is 47.5 Å². The van der Waals surface area contributed by atoms with E-state index in [9.17, 15) is 14.0 Å². The largest absolute Gasteiger partial charge is 0.486 e. The van der Waals surface area contributed by atoms with Crippen molar-refractivity contribution < 1.29 is 18.7 Å². The summed E-state index contributed by atoms with van der Waals surface area (Å²) in [6.45, 7) is 3.12. The lowest BCUT2D eigenvalue weighted by Crippen LogP contribution is -2.22. The van der Waals surface area contributed by atoms with Gasteiger partial charge in [-0.05, 0) is 48.5 Å². The molecule has 2 fully saturated rings. The summed E-state index contributed by atoms with van der Waals surface area (Å²) in [5.41, 5.74) is 2.64. The molecule has 1 N–H and O–H groups in total. The number of nitrogens with one attached hydrogen (secondary N) is 1. The fraction of sp³-hybridized carbons (Fsp3) is 0.440. The van der Waals surface area contributed by atoms with Gasteiger partial charge in [-0.3, -0.25) is 9.59 Å². The third-order valence-electron chi connectivity index (χ3n) is 7.04. The average molecular weight is 407 g/mol. The van der Waals surface area contributed by atoms with Crippen LogP contribution >= 0.6 is 0 Å². The van der Waals surface area contributed by atoms with E-state index in [1.54, 1.807) is 13.0 Å². The number of hydrogen-bond acceptors (Lipinski definition) is 4. The smallest absolute Gasteiger partial charge is 0.166 e. The lowest BCUT2D eigenvalue weighted by Gasteiger charge is -2.16. The quantitative estimate of drug-likeness (QED) is 0.700. The number of hydrogen-bond donors (Lipinski definition) is 1. The molecule has 0 aromatic heterocycles. The minimum atomic E-state index is -0.690. The Morgan fingerprint density at radius 1 is 1.10 bits per heavy atom. The minimum Gasteiger partial charge on any atom is -0.486 e. The van der Waals surface area contributed by atoms with Crippen molar-refractivity contribution in [1.29, 1.82) is 0 Å². The monoisotopic (exact) mass is 407 g/mol. The highest BCUT2D eigenvalue weighted by Gasteiger charge is 2.53. The van der Waals surface area contributed by atoms with E-state index in [-0.39, 0.29) is 17.5 Å². The van der Waals surface area contributed by atoms with Gasteiger partial charge >= 0.3 is 0 Å². The van der Waals surface area contributed by atoms with Gasteiger partial charge < -0.3 is 10.1 Å². The van der Waals surface area contributed by atoms with Gasteiger partial charge in [0, 0.05) is 24.0 Å². The van der Waals surface area contributed by atoms with Crippen molar-refractivity contribution in [3.8, 4) is 5.75 Å². The highest BCUT2D eigenvalue weighted by molar-refractivity contribution is 6.04. The van der Waals surface area contributed by atoms with E-state index >= 15 is 0 Å². The van der Waals surface area contributed by atoms with E-state index in [0.717, 1.165) is 24.2 Å². The molecule has 30 heavy (non-hydrogen) atoms. The number of benzene rings is 2. The van der Waals surface area contributed by atoms with Crippen LogP contribution in [0.1, 0.15) is 57.5 Å². The van der Waals surface area contributed by atoms with E-state index in [2.05, 4.69) is 5.32 Å². The number of alkyl halides is 1. The summed E-state index contributed by atoms with van der Waals surface area (Å²) in [5.74, 6) is 1.76. The van der Waals surface area contributed by atoms with Crippen LogP contribution in [0.5, 0.6) is 5.75 Å². The number of Topliss-reactive ketones (excluding diaryl/α,β-unsaturated/α-hetero) is 2. The molecule has 156 valence electrons. The first-order valence-electron chi connectivity index (χ1n) is 10.8. The Balaban J connectivity index is 1.54. The van der Waals surface area contributed by atoms with Crippen LogP contribution in [0.2, 0.25) is 0 Å². The minimum absolute atomic E-state index is 0.0675. The molecule has 0 amide bonds. The molecule has 1 unspecified atom stereocenters. The van der Waals surface area contributed by atoms with Crippen molar-refractivity contribution in [2.45, 2.75) is 31.8 Å². The molecule has 2 aliphatic heterocycles. The average Bonchev–Trinajstić information content (AvgIpc) is 3.14. The van der Waals surface area contributed by atoms with Crippen LogP contribution in [0.15, 0.2) is 42.5 Å². The zero-order valence-electron chi connectivity index (χ0n) is 17.1. The number of piperidine rings is 1. The second-order valence-electron chi connectivity index (χ2n) is 8.69. The van der Waals surface area contributed by atoms with Crippen LogP contribution in [-0.4, -0.2) is 37.4 Å². The predicted octanol–water partition coefficient (Wildman–Crippen LogP) is 4.18. The topological polar surface area (TPSA) is 55.4 Å².